The third-order valence-corrected chi connectivity index (χ3v) is 2.33. The second kappa shape index (κ2) is 4.80. The molecule has 3 nitrogen and oxygen atoms in total. The SMILES string of the molecule is CC1(OCCOCCO)CCC1. The Balaban J connectivity index is 1.88. The molecule has 0 radical (unpaired) electrons. The molecule has 0 saturated heterocycles. The largest absolute Gasteiger partial charge is 0.394 e. The Hall–Kier alpha value is -0.120. The first-order valence-corrected chi connectivity index (χ1v) is 4.59. The zero-order valence-corrected chi connectivity index (χ0v) is 7.71. The lowest BCUT2D eigenvalue weighted by atomic mass is 9.82. The molecule has 3 heteroatoms. The number of hydrogen-bond donors (Lipinski definition) is 1. The molecule has 1 rings (SSSR count). The van der Waals surface area contributed by atoms with E-state index in [2.05, 4.69) is 6.92 Å². The predicted molar refractivity (Wildman–Crippen MR) is 46.1 cm³/mol. The Kier molecular flexibility index (Phi) is 3.98. The van der Waals surface area contributed by atoms with Crippen molar-refractivity contribution in [1.82, 2.24) is 0 Å². The summed E-state index contributed by atoms with van der Waals surface area (Å²) in [6.07, 6.45) is 3.63. The van der Waals surface area contributed by atoms with Crippen LogP contribution in [0.3, 0.4) is 0 Å². The molecule has 1 N–H and O–H groups in total. The molecule has 1 aliphatic rings. The van der Waals surface area contributed by atoms with Crippen LogP contribution in [0.5, 0.6) is 0 Å². The van der Waals surface area contributed by atoms with Crippen LogP contribution in [0.2, 0.25) is 0 Å². The molecule has 0 bridgehead atoms. The molecule has 0 aromatic carbocycles. The van der Waals surface area contributed by atoms with Gasteiger partial charge in [-0.2, -0.15) is 0 Å². The van der Waals surface area contributed by atoms with E-state index in [9.17, 15) is 0 Å². The summed E-state index contributed by atoms with van der Waals surface area (Å²) in [5.74, 6) is 0. The highest BCUT2D eigenvalue weighted by atomic mass is 16.5. The maximum absolute atomic E-state index is 8.42. The van der Waals surface area contributed by atoms with Crippen molar-refractivity contribution in [3.05, 3.63) is 0 Å². The van der Waals surface area contributed by atoms with Crippen LogP contribution in [0.25, 0.3) is 0 Å². The summed E-state index contributed by atoms with van der Waals surface area (Å²) in [5, 5.41) is 8.42. The van der Waals surface area contributed by atoms with Gasteiger partial charge in [-0.3, -0.25) is 0 Å². The smallest absolute Gasteiger partial charge is 0.0707 e. The average Bonchev–Trinajstić information content (AvgIpc) is 2.01. The van der Waals surface area contributed by atoms with Crippen LogP contribution in [-0.4, -0.2) is 37.1 Å². The van der Waals surface area contributed by atoms with Crippen LogP contribution < -0.4 is 0 Å². The van der Waals surface area contributed by atoms with E-state index in [4.69, 9.17) is 14.6 Å². The molecule has 0 unspecified atom stereocenters. The predicted octanol–water partition coefficient (Wildman–Crippen LogP) is 0.954. The maximum atomic E-state index is 8.42. The molecule has 1 saturated carbocycles. The lowest BCUT2D eigenvalue weighted by Crippen LogP contribution is -2.37. The highest BCUT2D eigenvalue weighted by molar-refractivity contribution is 4.84. The summed E-state index contributed by atoms with van der Waals surface area (Å²) in [6.45, 7) is 3.90. The van der Waals surface area contributed by atoms with Gasteiger partial charge in [0.1, 0.15) is 0 Å². The molecule has 0 amide bonds. The van der Waals surface area contributed by atoms with Gasteiger partial charge in [-0.05, 0) is 26.2 Å². The highest BCUT2D eigenvalue weighted by Crippen LogP contribution is 2.34. The highest BCUT2D eigenvalue weighted by Gasteiger charge is 2.32. The molecule has 0 aliphatic heterocycles. The molecule has 12 heavy (non-hydrogen) atoms. The molecular weight excluding hydrogens is 156 g/mol. The fourth-order valence-corrected chi connectivity index (χ4v) is 1.33. The second-order valence-corrected chi connectivity index (χ2v) is 3.49. The summed E-state index contributed by atoms with van der Waals surface area (Å²) in [4.78, 5) is 0. The standard InChI is InChI=1S/C9H18O3/c1-9(3-2-4-9)12-8-7-11-6-5-10/h10H,2-8H2,1H3. The second-order valence-electron chi connectivity index (χ2n) is 3.49. The Labute approximate surface area is 73.7 Å². The minimum Gasteiger partial charge on any atom is -0.394 e. The van der Waals surface area contributed by atoms with Crippen molar-refractivity contribution in [3.8, 4) is 0 Å². The summed E-state index contributed by atoms with van der Waals surface area (Å²) >= 11 is 0. The number of rotatable bonds is 6. The molecular formula is C9H18O3. The summed E-state index contributed by atoms with van der Waals surface area (Å²) in [6, 6.07) is 0. The summed E-state index contributed by atoms with van der Waals surface area (Å²) < 4.78 is 10.7. The van der Waals surface area contributed by atoms with Crippen LogP contribution in [0.1, 0.15) is 26.2 Å². The molecule has 0 heterocycles. The molecule has 0 atom stereocenters. The van der Waals surface area contributed by atoms with Gasteiger partial charge in [-0.1, -0.05) is 0 Å². The van der Waals surface area contributed by atoms with Gasteiger partial charge in [0.25, 0.3) is 0 Å². The number of hydrogen-bond acceptors (Lipinski definition) is 3. The monoisotopic (exact) mass is 174 g/mol. The van der Waals surface area contributed by atoms with Crippen molar-refractivity contribution in [2.24, 2.45) is 0 Å². The van der Waals surface area contributed by atoms with Crippen LogP contribution in [0.15, 0.2) is 0 Å². The number of aliphatic hydroxyl groups is 1. The Bertz CT molecular complexity index is 121. The maximum Gasteiger partial charge on any atom is 0.0707 e. The zero-order valence-electron chi connectivity index (χ0n) is 7.71. The minimum atomic E-state index is 0.0945. The summed E-state index contributed by atoms with van der Waals surface area (Å²) in [5.41, 5.74) is 0.128. The van der Waals surface area contributed by atoms with Crippen molar-refractivity contribution in [3.63, 3.8) is 0 Å². The van der Waals surface area contributed by atoms with Crippen molar-refractivity contribution >= 4 is 0 Å². The van der Waals surface area contributed by atoms with Gasteiger partial charge in [0.05, 0.1) is 32.0 Å². The van der Waals surface area contributed by atoms with Gasteiger partial charge in [0, 0.05) is 0 Å². The van der Waals surface area contributed by atoms with E-state index >= 15 is 0 Å². The first-order valence-electron chi connectivity index (χ1n) is 4.59. The van der Waals surface area contributed by atoms with Gasteiger partial charge in [0.2, 0.25) is 0 Å². The quantitative estimate of drug-likeness (QED) is 0.609. The van der Waals surface area contributed by atoms with Crippen LogP contribution in [-0.2, 0) is 9.47 Å². The first-order chi connectivity index (χ1) is 5.77. The van der Waals surface area contributed by atoms with E-state index in [-0.39, 0.29) is 12.2 Å². The van der Waals surface area contributed by atoms with Crippen molar-refractivity contribution < 1.29 is 14.6 Å². The third kappa shape index (κ3) is 3.09. The van der Waals surface area contributed by atoms with E-state index in [1.54, 1.807) is 0 Å². The van der Waals surface area contributed by atoms with Crippen molar-refractivity contribution in [2.75, 3.05) is 26.4 Å². The van der Waals surface area contributed by atoms with Crippen molar-refractivity contribution in [2.45, 2.75) is 31.8 Å². The van der Waals surface area contributed by atoms with E-state index in [0.29, 0.717) is 19.8 Å². The summed E-state index contributed by atoms with van der Waals surface area (Å²) in [7, 11) is 0. The Morgan fingerprint density at radius 3 is 2.50 bits per heavy atom. The molecule has 0 aromatic rings. The van der Waals surface area contributed by atoms with Crippen LogP contribution in [0.4, 0.5) is 0 Å². The number of aliphatic hydroxyl groups excluding tert-OH is 1. The topological polar surface area (TPSA) is 38.7 Å². The normalized spacial score (nSPS) is 20.5. The van der Waals surface area contributed by atoms with Crippen LogP contribution >= 0.6 is 0 Å². The molecule has 0 aromatic heterocycles. The van der Waals surface area contributed by atoms with Gasteiger partial charge >= 0.3 is 0 Å². The van der Waals surface area contributed by atoms with Crippen LogP contribution in [0, 0.1) is 0 Å². The lowest BCUT2D eigenvalue weighted by molar-refractivity contribution is -0.102. The Morgan fingerprint density at radius 1 is 1.25 bits per heavy atom. The molecule has 1 fully saturated rings. The lowest BCUT2D eigenvalue weighted by Gasteiger charge is -2.38. The fourth-order valence-electron chi connectivity index (χ4n) is 1.33. The first kappa shape index (κ1) is 9.96. The molecule has 1 aliphatic carbocycles. The fraction of sp³-hybridized carbons (Fsp3) is 1.00. The molecule has 72 valence electrons. The van der Waals surface area contributed by atoms with Gasteiger partial charge in [-0.25, -0.2) is 0 Å². The average molecular weight is 174 g/mol. The minimum absolute atomic E-state index is 0.0945. The van der Waals surface area contributed by atoms with Crippen molar-refractivity contribution in [1.29, 1.82) is 0 Å². The van der Waals surface area contributed by atoms with Gasteiger partial charge < -0.3 is 14.6 Å². The van der Waals surface area contributed by atoms with Gasteiger partial charge in [-0.15, -0.1) is 0 Å². The Morgan fingerprint density at radius 2 is 2.00 bits per heavy atom. The van der Waals surface area contributed by atoms with Gasteiger partial charge in [0.15, 0.2) is 0 Å². The van der Waals surface area contributed by atoms with E-state index < -0.39 is 0 Å². The number of ether oxygens (including phenoxy) is 2. The van der Waals surface area contributed by atoms with E-state index in [1.807, 2.05) is 0 Å². The van der Waals surface area contributed by atoms with E-state index in [0.717, 1.165) is 0 Å². The zero-order chi connectivity index (χ0) is 8.86. The van der Waals surface area contributed by atoms with E-state index in [1.165, 1.54) is 19.3 Å². The third-order valence-electron chi connectivity index (χ3n) is 2.33. The molecule has 0 spiro atoms.